The Morgan fingerprint density at radius 1 is 0.778 bits per heavy atom. The fraction of sp³-hybridized carbons (Fsp3) is 0.120. The van der Waals surface area contributed by atoms with Gasteiger partial charge >= 0.3 is 0 Å². The van der Waals surface area contributed by atoms with Crippen molar-refractivity contribution in [3.05, 3.63) is 105 Å². The van der Waals surface area contributed by atoms with Crippen LogP contribution < -0.4 is 10.7 Å². The predicted molar refractivity (Wildman–Crippen MR) is 112 cm³/mol. The quantitative estimate of drug-likeness (QED) is 0.684. The van der Waals surface area contributed by atoms with Gasteiger partial charge in [-0.3, -0.25) is 0 Å². The molecule has 2 aromatic heterocycles. The van der Waals surface area contributed by atoms with Gasteiger partial charge in [-0.2, -0.15) is 0 Å². The second kappa shape index (κ2) is 4.72. The van der Waals surface area contributed by atoms with Gasteiger partial charge in [-0.05, 0) is 84.7 Å². The number of hydrogen-bond donors (Lipinski definition) is 0. The lowest BCUT2D eigenvalue weighted by Gasteiger charge is -2.43. The molecule has 5 heterocycles. The summed E-state index contributed by atoms with van der Waals surface area (Å²) in [6, 6.07) is 8.90. The predicted octanol–water partition coefficient (Wildman–Crippen LogP) is 3.88. The van der Waals surface area contributed by atoms with Gasteiger partial charge in [0.2, 0.25) is 0 Å². The molecule has 3 aliphatic heterocycles. The van der Waals surface area contributed by atoms with Crippen LogP contribution in [-0.4, -0.2) is 9.13 Å². The molecule has 0 saturated carbocycles. The SMILES string of the molecule is C=C1C=c2ccc3n2[C@]2(C)C4=C(C=CC4=Cc4ccc(n42)/C=C(C)/C=C\1)C=3. The Hall–Kier alpha value is -3.26. The molecule has 130 valence electrons. The Morgan fingerprint density at radius 2 is 1.52 bits per heavy atom. The first-order valence-corrected chi connectivity index (χ1v) is 9.40. The zero-order valence-electron chi connectivity index (χ0n) is 15.5. The second-order valence-corrected chi connectivity index (χ2v) is 7.91. The largest absolute Gasteiger partial charge is 0.314 e. The first-order chi connectivity index (χ1) is 13.1. The summed E-state index contributed by atoms with van der Waals surface area (Å²) in [5, 5.41) is 2.42. The Bertz CT molecular complexity index is 1340. The smallest absolute Gasteiger partial charge is 0.146 e. The van der Waals surface area contributed by atoms with E-state index in [1.807, 2.05) is 0 Å². The molecule has 0 saturated heterocycles. The van der Waals surface area contributed by atoms with E-state index in [4.69, 9.17) is 0 Å². The molecule has 4 aliphatic rings. The molecule has 1 aliphatic carbocycles. The van der Waals surface area contributed by atoms with Crippen LogP contribution in [0.1, 0.15) is 25.2 Å². The topological polar surface area (TPSA) is 9.86 Å². The molecule has 27 heavy (non-hydrogen) atoms. The highest BCUT2D eigenvalue weighted by atomic mass is 15.3. The Morgan fingerprint density at radius 3 is 2.33 bits per heavy atom. The average molecular weight is 348 g/mol. The van der Waals surface area contributed by atoms with E-state index in [1.54, 1.807) is 0 Å². The average Bonchev–Trinajstić information content (AvgIpc) is 3.33. The van der Waals surface area contributed by atoms with E-state index in [0.29, 0.717) is 0 Å². The van der Waals surface area contributed by atoms with Gasteiger partial charge in [0.1, 0.15) is 5.66 Å². The van der Waals surface area contributed by atoms with E-state index in [9.17, 15) is 0 Å². The van der Waals surface area contributed by atoms with E-state index in [1.165, 1.54) is 44.4 Å². The molecule has 0 spiro atoms. The third kappa shape index (κ3) is 1.75. The number of aromatic nitrogens is 2. The Balaban J connectivity index is 1.86. The third-order valence-electron chi connectivity index (χ3n) is 6.12. The van der Waals surface area contributed by atoms with Crippen LogP contribution in [0.3, 0.4) is 0 Å². The molecule has 0 bridgehead atoms. The molecule has 0 fully saturated rings. The van der Waals surface area contributed by atoms with Crippen LogP contribution in [0.2, 0.25) is 0 Å². The molecule has 2 aromatic rings. The van der Waals surface area contributed by atoms with E-state index in [-0.39, 0.29) is 5.66 Å². The van der Waals surface area contributed by atoms with Crippen molar-refractivity contribution in [2.24, 2.45) is 0 Å². The first kappa shape index (κ1) is 14.9. The lowest BCUT2D eigenvalue weighted by molar-refractivity contribution is 0.301. The third-order valence-corrected chi connectivity index (χ3v) is 6.12. The fourth-order valence-electron chi connectivity index (χ4n) is 5.09. The van der Waals surface area contributed by atoms with Crippen molar-refractivity contribution in [2.75, 3.05) is 0 Å². The summed E-state index contributed by atoms with van der Waals surface area (Å²) in [4.78, 5) is 0. The van der Waals surface area contributed by atoms with Gasteiger partial charge in [0.15, 0.2) is 0 Å². The molecule has 2 nitrogen and oxygen atoms in total. The highest BCUT2D eigenvalue weighted by Gasteiger charge is 2.44. The van der Waals surface area contributed by atoms with Crippen molar-refractivity contribution in [2.45, 2.75) is 19.5 Å². The van der Waals surface area contributed by atoms with E-state index < -0.39 is 0 Å². The molecule has 0 amide bonds. The van der Waals surface area contributed by atoms with Crippen molar-refractivity contribution in [1.82, 2.24) is 9.13 Å². The molecule has 6 rings (SSSR count). The maximum Gasteiger partial charge on any atom is 0.146 e. The first-order valence-electron chi connectivity index (χ1n) is 9.40. The summed E-state index contributed by atoms with van der Waals surface area (Å²) in [5.74, 6) is 0. The molecule has 2 heteroatoms. The van der Waals surface area contributed by atoms with Crippen LogP contribution in [0.15, 0.2) is 83.0 Å². The summed E-state index contributed by atoms with van der Waals surface area (Å²) < 4.78 is 4.95. The minimum absolute atomic E-state index is 0.308. The van der Waals surface area contributed by atoms with Crippen LogP contribution in [0.5, 0.6) is 0 Å². The van der Waals surface area contributed by atoms with E-state index in [2.05, 4.69) is 102 Å². The Kier molecular flexibility index (Phi) is 2.60. The highest BCUT2D eigenvalue weighted by molar-refractivity contribution is 5.79. The van der Waals surface area contributed by atoms with Crippen LogP contribution in [0.25, 0.3) is 24.3 Å². The summed E-state index contributed by atoms with van der Waals surface area (Å²) in [5.41, 5.74) is 8.41. The maximum atomic E-state index is 4.25. The summed E-state index contributed by atoms with van der Waals surface area (Å²) in [7, 11) is 0. The summed E-state index contributed by atoms with van der Waals surface area (Å²) in [6.45, 7) is 8.74. The van der Waals surface area contributed by atoms with Crippen LogP contribution in [0.4, 0.5) is 0 Å². The maximum absolute atomic E-state index is 4.25. The number of rotatable bonds is 0. The highest BCUT2D eigenvalue weighted by Crippen LogP contribution is 2.46. The lowest BCUT2D eigenvalue weighted by Crippen LogP contribution is -2.53. The second-order valence-electron chi connectivity index (χ2n) is 7.91. The number of nitrogens with zero attached hydrogens (tertiary/aromatic N) is 2. The normalized spacial score (nSPS) is 27.1. The Labute approximate surface area is 158 Å². The zero-order valence-corrected chi connectivity index (χ0v) is 15.5. The molecule has 0 radical (unpaired) electrons. The van der Waals surface area contributed by atoms with Crippen LogP contribution in [-0.2, 0) is 5.66 Å². The van der Waals surface area contributed by atoms with Gasteiger partial charge in [0.05, 0.1) is 0 Å². The zero-order chi connectivity index (χ0) is 18.3. The van der Waals surface area contributed by atoms with Crippen molar-refractivity contribution in [3.63, 3.8) is 0 Å². The van der Waals surface area contributed by atoms with Gasteiger partial charge in [-0.25, -0.2) is 0 Å². The van der Waals surface area contributed by atoms with Crippen molar-refractivity contribution < 1.29 is 0 Å². The van der Waals surface area contributed by atoms with Crippen molar-refractivity contribution in [3.8, 4) is 0 Å². The molecular formula is C25H20N2. The summed E-state index contributed by atoms with van der Waals surface area (Å²) >= 11 is 0. The van der Waals surface area contributed by atoms with Gasteiger partial charge in [0, 0.05) is 27.7 Å². The standard InChI is InChI=1S/C25H20N2/c1-16-4-5-17(2)13-21-9-11-23-15-19-7-6-18-14-22-10-8-20(12-16)26(22)25(3,24(18)19)27(21)23/h4-15H,1H2,2-3H3/b5-4-,17-13+,20-12?/t25-/m0/s1. The van der Waals surface area contributed by atoms with Crippen molar-refractivity contribution in [1.29, 1.82) is 0 Å². The molecular weight excluding hydrogens is 328 g/mol. The van der Waals surface area contributed by atoms with Crippen LogP contribution in [0, 0.1) is 0 Å². The monoisotopic (exact) mass is 348 g/mol. The minimum atomic E-state index is -0.308. The fourth-order valence-corrected chi connectivity index (χ4v) is 5.09. The molecule has 0 N–H and O–H groups in total. The van der Waals surface area contributed by atoms with E-state index >= 15 is 0 Å². The number of hydrogen-bond acceptors (Lipinski definition) is 0. The molecule has 0 aromatic carbocycles. The lowest BCUT2D eigenvalue weighted by atomic mass is 9.86. The molecule has 1 atom stereocenters. The van der Waals surface area contributed by atoms with Gasteiger partial charge in [-0.1, -0.05) is 30.9 Å². The van der Waals surface area contributed by atoms with Gasteiger partial charge < -0.3 is 9.13 Å². The van der Waals surface area contributed by atoms with Crippen molar-refractivity contribution >= 4 is 24.3 Å². The van der Waals surface area contributed by atoms with Gasteiger partial charge in [0.25, 0.3) is 0 Å². The van der Waals surface area contributed by atoms with E-state index in [0.717, 1.165) is 5.57 Å². The minimum Gasteiger partial charge on any atom is -0.314 e. The van der Waals surface area contributed by atoms with Crippen LogP contribution >= 0.6 is 0 Å². The molecule has 0 unspecified atom stereocenters. The number of allylic oxidation sites excluding steroid dienone is 9. The van der Waals surface area contributed by atoms with Gasteiger partial charge in [-0.15, -0.1) is 0 Å². The summed E-state index contributed by atoms with van der Waals surface area (Å²) in [6.07, 6.45) is 17.8.